The van der Waals surface area contributed by atoms with Gasteiger partial charge in [-0.3, -0.25) is 4.79 Å². The molecule has 5 rings (SSSR count). The summed E-state index contributed by atoms with van der Waals surface area (Å²) in [7, 11) is 0. The van der Waals surface area contributed by atoms with Crippen molar-refractivity contribution in [2.45, 2.75) is 83.6 Å². The third-order valence-electron chi connectivity index (χ3n) is 7.81. The van der Waals surface area contributed by atoms with Crippen LogP contribution in [0.4, 0.5) is 5.69 Å². The number of hydrogen-bond donors (Lipinski definition) is 1. The van der Waals surface area contributed by atoms with Crippen LogP contribution in [0.25, 0.3) is 22.8 Å². The summed E-state index contributed by atoms with van der Waals surface area (Å²) < 4.78 is 10.7. The molecule has 2 atom stereocenters. The minimum atomic E-state index is -0.0803. The summed E-state index contributed by atoms with van der Waals surface area (Å²) in [5.74, 6) is 2.16. The summed E-state index contributed by atoms with van der Waals surface area (Å²) >= 11 is 0. The van der Waals surface area contributed by atoms with Crippen LogP contribution < -0.4 is 5.32 Å². The van der Waals surface area contributed by atoms with Gasteiger partial charge in [-0.15, -0.1) is 0 Å². The second-order valence-electron chi connectivity index (χ2n) is 10.4. The van der Waals surface area contributed by atoms with Crippen LogP contribution in [-0.2, 0) is 9.53 Å². The summed E-state index contributed by atoms with van der Waals surface area (Å²) in [6.45, 7) is 4.41. The molecule has 1 heterocycles. The fourth-order valence-electron chi connectivity index (χ4n) is 5.82. The van der Waals surface area contributed by atoms with Crippen molar-refractivity contribution in [2.75, 3.05) is 11.9 Å². The van der Waals surface area contributed by atoms with Crippen LogP contribution in [-0.4, -0.2) is 28.8 Å². The predicted octanol–water partition coefficient (Wildman–Crippen LogP) is 7.29. The minimum absolute atomic E-state index is 0.0803. The average molecular weight is 488 g/mol. The quantitative estimate of drug-likeness (QED) is 0.336. The SMILES string of the molecule is CCOC(=O)CC1CCC(Nc2ccc(-c3noc(-c4ccc(C5CCCCC5)cc4)n3)cc2C)C1. The Morgan fingerprint density at radius 3 is 2.56 bits per heavy atom. The van der Waals surface area contributed by atoms with E-state index in [0.29, 0.717) is 42.6 Å². The van der Waals surface area contributed by atoms with Crippen molar-refractivity contribution in [3.8, 4) is 22.8 Å². The van der Waals surface area contributed by atoms with Gasteiger partial charge in [-0.2, -0.15) is 4.98 Å². The zero-order valence-corrected chi connectivity index (χ0v) is 21.5. The number of anilines is 1. The first-order chi connectivity index (χ1) is 17.6. The van der Waals surface area contributed by atoms with Gasteiger partial charge in [-0.25, -0.2) is 0 Å². The van der Waals surface area contributed by atoms with E-state index in [2.05, 4.69) is 58.8 Å². The number of aryl methyl sites for hydroxylation is 1. The second-order valence-corrected chi connectivity index (χ2v) is 10.4. The number of aromatic nitrogens is 2. The van der Waals surface area contributed by atoms with Crippen molar-refractivity contribution in [3.63, 3.8) is 0 Å². The fourth-order valence-corrected chi connectivity index (χ4v) is 5.82. The highest BCUT2D eigenvalue weighted by molar-refractivity contribution is 5.69. The Kier molecular flexibility index (Phi) is 7.69. The van der Waals surface area contributed by atoms with E-state index in [4.69, 9.17) is 9.26 Å². The molecular formula is C30H37N3O3. The number of ether oxygens (including phenoxy) is 1. The Bertz CT molecular complexity index is 1160. The van der Waals surface area contributed by atoms with Crippen molar-refractivity contribution in [1.29, 1.82) is 0 Å². The Morgan fingerprint density at radius 1 is 1.03 bits per heavy atom. The highest BCUT2D eigenvalue weighted by atomic mass is 16.5. The number of esters is 1. The Morgan fingerprint density at radius 2 is 1.81 bits per heavy atom. The average Bonchev–Trinajstić information content (AvgIpc) is 3.56. The third kappa shape index (κ3) is 5.80. The molecule has 0 radical (unpaired) electrons. The maximum Gasteiger partial charge on any atom is 0.306 e. The molecule has 6 heteroatoms. The molecule has 2 fully saturated rings. The monoisotopic (exact) mass is 487 g/mol. The molecule has 190 valence electrons. The molecule has 0 bridgehead atoms. The highest BCUT2D eigenvalue weighted by Crippen LogP contribution is 2.35. The lowest BCUT2D eigenvalue weighted by Gasteiger charge is -2.21. The Labute approximate surface area is 213 Å². The van der Waals surface area contributed by atoms with Crippen molar-refractivity contribution >= 4 is 11.7 Å². The molecule has 0 aliphatic heterocycles. The van der Waals surface area contributed by atoms with E-state index < -0.39 is 0 Å². The number of hydrogen-bond acceptors (Lipinski definition) is 6. The summed E-state index contributed by atoms with van der Waals surface area (Å²) in [5, 5.41) is 7.92. The number of nitrogens with one attached hydrogen (secondary N) is 1. The molecule has 3 aromatic rings. The predicted molar refractivity (Wildman–Crippen MR) is 142 cm³/mol. The van der Waals surface area contributed by atoms with Gasteiger partial charge in [0.2, 0.25) is 5.82 Å². The lowest BCUT2D eigenvalue weighted by molar-refractivity contribution is -0.144. The van der Waals surface area contributed by atoms with E-state index in [1.54, 1.807) is 0 Å². The first-order valence-electron chi connectivity index (χ1n) is 13.6. The molecule has 2 aliphatic carbocycles. The van der Waals surface area contributed by atoms with E-state index in [1.807, 2.05) is 13.0 Å². The largest absolute Gasteiger partial charge is 0.466 e. The van der Waals surface area contributed by atoms with Crippen molar-refractivity contribution < 1.29 is 14.1 Å². The highest BCUT2D eigenvalue weighted by Gasteiger charge is 2.27. The first kappa shape index (κ1) is 24.5. The van der Waals surface area contributed by atoms with Gasteiger partial charge in [0.15, 0.2) is 0 Å². The molecule has 6 nitrogen and oxygen atoms in total. The summed E-state index contributed by atoms with van der Waals surface area (Å²) in [5.41, 5.74) is 5.58. The van der Waals surface area contributed by atoms with Crippen molar-refractivity contribution in [2.24, 2.45) is 5.92 Å². The molecule has 2 aromatic carbocycles. The molecule has 1 aromatic heterocycles. The van der Waals surface area contributed by atoms with E-state index >= 15 is 0 Å². The van der Waals surface area contributed by atoms with Gasteiger partial charge in [0.1, 0.15) is 0 Å². The molecule has 0 amide bonds. The summed E-state index contributed by atoms with van der Waals surface area (Å²) in [6.07, 6.45) is 10.3. The number of nitrogens with zero attached hydrogens (tertiary/aromatic N) is 2. The Balaban J connectivity index is 1.21. The molecule has 2 unspecified atom stereocenters. The summed E-state index contributed by atoms with van der Waals surface area (Å²) in [6, 6.07) is 15.3. The number of carbonyl (C=O) groups excluding carboxylic acids is 1. The standard InChI is InChI=1S/C30H37N3O3/c1-3-35-28(34)19-21-9-15-26(18-21)31-27-16-14-25(17-20(27)2)29-32-30(36-33-29)24-12-10-23(11-13-24)22-7-5-4-6-8-22/h10-14,16-17,21-22,26,31H,3-9,15,18-19H2,1-2H3. The molecule has 0 saturated heterocycles. The molecular weight excluding hydrogens is 450 g/mol. The molecule has 2 aliphatic rings. The normalized spacial score (nSPS) is 20.4. The van der Waals surface area contributed by atoms with Crippen molar-refractivity contribution in [1.82, 2.24) is 10.1 Å². The smallest absolute Gasteiger partial charge is 0.306 e. The van der Waals surface area contributed by atoms with Gasteiger partial charge in [-0.1, -0.05) is 36.6 Å². The van der Waals surface area contributed by atoms with Gasteiger partial charge in [0, 0.05) is 29.3 Å². The third-order valence-corrected chi connectivity index (χ3v) is 7.81. The topological polar surface area (TPSA) is 77.2 Å². The zero-order chi connectivity index (χ0) is 24.9. The van der Waals surface area contributed by atoms with Gasteiger partial charge < -0.3 is 14.6 Å². The van der Waals surface area contributed by atoms with E-state index in [-0.39, 0.29) is 5.97 Å². The van der Waals surface area contributed by atoms with Crippen LogP contribution >= 0.6 is 0 Å². The maximum atomic E-state index is 11.8. The van der Waals surface area contributed by atoms with Crippen molar-refractivity contribution in [3.05, 3.63) is 53.6 Å². The van der Waals surface area contributed by atoms with Gasteiger partial charge >= 0.3 is 5.97 Å². The Hall–Kier alpha value is -3.15. The number of carbonyl (C=O) groups is 1. The van der Waals surface area contributed by atoms with Crippen LogP contribution in [0.3, 0.4) is 0 Å². The van der Waals surface area contributed by atoms with Crippen LogP contribution in [0.1, 0.15) is 81.8 Å². The molecule has 1 N–H and O–H groups in total. The maximum absolute atomic E-state index is 11.8. The van der Waals surface area contributed by atoms with E-state index in [1.165, 1.54) is 37.7 Å². The van der Waals surface area contributed by atoms with Gasteiger partial charge in [0.25, 0.3) is 5.89 Å². The van der Waals surface area contributed by atoms with Crippen LogP contribution in [0.5, 0.6) is 0 Å². The molecule has 36 heavy (non-hydrogen) atoms. The number of benzene rings is 2. The lowest BCUT2D eigenvalue weighted by Crippen LogP contribution is -2.17. The zero-order valence-electron chi connectivity index (χ0n) is 21.5. The van der Waals surface area contributed by atoms with Crippen LogP contribution in [0.15, 0.2) is 47.0 Å². The van der Waals surface area contributed by atoms with E-state index in [9.17, 15) is 4.79 Å². The van der Waals surface area contributed by atoms with Gasteiger partial charge in [-0.05, 0) is 99.2 Å². The van der Waals surface area contributed by atoms with Gasteiger partial charge in [0.05, 0.1) is 6.61 Å². The van der Waals surface area contributed by atoms with Crippen LogP contribution in [0.2, 0.25) is 0 Å². The second kappa shape index (κ2) is 11.3. The number of rotatable bonds is 8. The minimum Gasteiger partial charge on any atom is -0.466 e. The van der Waals surface area contributed by atoms with Crippen LogP contribution in [0, 0.1) is 12.8 Å². The first-order valence-corrected chi connectivity index (χ1v) is 13.6. The summed E-state index contributed by atoms with van der Waals surface area (Å²) in [4.78, 5) is 16.5. The van der Waals surface area contributed by atoms with E-state index in [0.717, 1.165) is 41.6 Å². The fraction of sp³-hybridized carbons (Fsp3) is 0.500. The molecule has 0 spiro atoms. The molecule has 2 saturated carbocycles. The lowest BCUT2D eigenvalue weighted by atomic mass is 9.84.